The molecule has 5 nitrogen and oxygen atoms in total. The van der Waals surface area contributed by atoms with Crippen LogP contribution in [0.2, 0.25) is 0 Å². The molecule has 2 rings (SSSR count). The van der Waals surface area contributed by atoms with Crippen LogP contribution in [-0.2, 0) is 16.8 Å². The number of pyridine rings is 1. The summed E-state index contributed by atoms with van der Waals surface area (Å²) in [7, 11) is -3.39. The van der Waals surface area contributed by atoms with Gasteiger partial charge in [-0.15, -0.1) is 0 Å². The van der Waals surface area contributed by atoms with Crippen LogP contribution in [0, 0.1) is 0 Å². The van der Waals surface area contributed by atoms with Crippen molar-refractivity contribution < 1.29 is 8.42 Å². The minimum atomic E-state index is -3.39. The van der Waals surface area contributed by atoms with Crippen LogP contribution in [0.15, 0.2) is 24.4 Å². The van der Waals surface area contributed by atoms with Gasteiger partial charge in [0.2, 0.25) is 0 Å². The molecule has 1 aromatic heterocycles. The van der Waals surface area contributed by atoms with Gasteiger partial charge in [0.25, 0.3) is 10.2 Å². The van der Waals surface area contributed by atoms with Crippen LogP contribution in [0.1, 0.15) is 31.9 Å². The summed E-state index contributed by atoms with van der Waals surface area (Å²) in [4.78, 5) is 4.10. The molecule has 2 heterocycles. The number of nitrogens with zero attached hydrogens (tertiary/aromatic N) is 2. The molecule has 0 aliphatic carbocycles. The van der Waals surface area contributed by atoms with Crippen molar-refractivity contribution in [2.24, 2.45) is 0 Å². The monoisotopic (exact) mass is 269 g/mol. The van der Waals surface area contributed by atoms with Gasteiger partial charge < -0.3 is 0 Å². The molecule has 0 saturated carbocycles. The van der Waals surface area contributed by atoms with Crippen LogP contribution in [0.4, 0.5) is 0 Å². The van der Waals surface area contributed by atoms with E-state index in [4.69, 9.17) is 0 Å². The lowest BCUT2D eigenvalue weighted by atomic mass is 10.1. The normalized spacial score (nSPS) is 21.9. The highest BCUT2D eigenvalue weighted by Crippen LogP contribution is 2.19. The predicted octanol–water partition coefficient (Wildman–Crippen LogP) is 1.29. The van der Waals surface area contributed by atoms with Crippen molar-refractivity contribution >= 4 is 10.2 Å². The first kappa shape index (κ1) is 13.5. The molecule has 0 aromatic carbocycles. The van der Waals surface area contributed by atoms with E-state index < -0.39 is 10.2 Å². The number of aromatic nitrogens is 1. The van der Waals surface area contributed by atoms with Gasteiger partial charge in [0, 0.05) is 18.8 Å². The smallest absolute Gasteiger partial charge is 0.260 e. The van der Waals surface area contributed by atoms with Crippen LogP contribution in [-0.4, -0.2) is 30.3 Å². The Hall–Kier alpha value is -0.980. The molecular weight excluding hydrogens is 250 g/mol. The molecule has 100 valence electrons. The molecule has 1 atom stereocenters. The number of hydrogen-bond donors (Lipinski definition) is 1. The predicted molar refractivity (Wildman–Crippen MR) is 70.0 cm³/mol. The third-order valence-electron chi connectivity index (χ3n) is 3.21. The number of hydrogen-bond acceptors (Lipinski definition) is 3. The van der Waals surface area contributed by atoms with Gasteiger partial charge in [0.1, 0.15) is 0 Å². The van der Waals surface area contributed by atoms with Crippen molar-refractivity contribution in [1.82, 2.24) is 14.0 Å². The van der Waals surface area contributed by atoms with Gasteiger partial charge in [0.05, 0.1) is 12.2 Å². The van der Waals surface area contributed by atoms with Crippen molar-refractivity contribution in [2.75, 3.05) is 6.54 Å². The van der Waals surface area contributed by atoms with Crippen LogP contribution < -0.4 is 4.72 Å². The lowest BCUT2D eigenvalue weighted by molar-refractivity contribution is 0.265. The lowest BCUT2D eigenvalue weighted by Gasteiger charge is -2.32. The number of nitrogens with one attached hydrogen (secondary N) is 1. The molecule has 18 heavy (non-hydrogen) atoms. The van der Waals surface area contributed by atoms with Gasteiger partial charge in [-0.25, -0.2) is 0 Å². The molecule has 1 saturated heterocycles. The maximum atomic E-state index is 12.2. The fourth-order valence-electron chi connectivity index (χ4n) is 2.18. The zero-order valence-corrected chi connectivity index (χ0v) is 11.4. The Balaban J connectivity index is 1.99. The number of rotatable bonds is 4. The molecule has 1 aromatic rings. The maximum Gasteiger partial charge on any atom is 0.280 e. The van der Waals surface area contributed by atoms with Gasteiger partial charge >= 0.3 is 0 Å². The van der Waals surface area contributed by atoms with Crippen LogP contribution >= 0.6 is 0 Å². The summed E-state index contributed by atoms with van der Waals surface area (Å²) in [6.45, 7) is 2.81. The van der Waals surface area contributed by atoms with E-state index in [1.807, 2.05) is 25.1 Å². The fourth-order valence-corrected chi connectivity index (χ4v) is 3.62. The van der Waals surface area contributed by atoms with Crippen LogP contribution in [0.3, 0.4) is 0 Å². The van der Waals surface area contributed by atoms with Crippen molar-refractivity contribution in [1.29, 1.82) is 0 Å². The van der Waals surface area contributed by atoms with Gasteiger partial charge in [0.15, 0.2) is 0 Å². The van der Waals surface area contributed by atoms with E-state index in [1.165, 1.54) is 0 Å². The highest BCUT2D eigenvalue weighted by atomic mass is 32.2. The molecule has 1 N–H and O–H groups in total. The molecule has 0 spiro atoms. The largest absolute Gasteiger partial charge is 0.280 e. The quantitative estimate of drug-likeness (QED) is 0.896. The fraction of sp³-hybridized carbons (Fsp3) is 0.583. The molecule has 0 bridgehead atoms. The first-order valence-corrected chi connectivity index (χ1v) is 7.70. The van der Waals surface area contributed by atoms with Crippen molar-refractivity contribution in [3.8, 4) is 0 Å². The average Bonchev–Trinajstić information content (AvgIpc) is 2.38. The average molecular weight is 269 g/mol. The minimum Gasteiger partial charge on any atom is -0.260 e. The SMILES string of the molecule is C[C@H]1CCCCN1S(=O)(=O)NCc1ccccn1. The second kappa shape index (κ2) is 5.77. The van der Waals surface area contributed by atoms with E-state index >= 15 is 0 Å². The van der Waals surface area contributed by atoms with Crippen molar-refractivity contribution in [3.05, 3.63) is 30.1 Å². The highest BCUT2D eigenvalue weighted by molar-refractivity contribution is 7.87. The number of piperidine rings is 1. The van der Waals surface area contributed by atoms with Gasteiger partial charge in [-0.2, -0.15) is 17.4 Å². The Morgan fingerprint density at radius 3 is 2.94 bits per heavy atom. The van der Waals surface area contributed by atoms with Gasteiger partial charge in [-0.1, -0.05) is 12.5 Å². The highest BCUT2D eigenvalue weighted by Gasteiger charge is 2.28. The van der Waals surface area contributed by atoms with E-state index in [2.05, 4.69) is 9.71 Å². The molecule has 1 fully saturated rings. The molecule has 0 radical (unpaired) electrons. The third kappa shape index (κ3) is 3.28. The summed E-state index contributed by atoms with van der Waals surface area (Å²) in [5, 5.41) is 0. The molecule has 1 aliphatic heterocycles. The van der Waals surface area contributed by atoms with E-state index in [-0.39, 0.29) is 12.6 Å². The standard InChI is InChI=1S/C12H19N3O2S/c1-11-6-3-5-9-15(11)18(16,17)14-10-12-7-2-4-8-13-12/h2,4,7-8,11,14H,3,5-6,9-10H2,1H3/t11-/m0/s1. The molecule has 0 unspecified atom stereocenters. The Kier molecular flexibility index (Phi) is 4.31. The molecule has 6 heteroatoms. The Morgan fingerprint density at radius 1 is 1.44 bits per heavy atom. The Bertz CT molecular complexity index is 475. The van der Waals surface area contributed by atoms with Gasteiger partial charge in [-0.05, 0) is 31.9 Å². The maximum absolute atomic E-state index is 12.2. The zero-order valence-electron chi connectivity index (χ0n) is 10.5. The molecule has 0 amide bonds. The van der Waals surface area contributed by atoms with E-state index in [0.29, 0.717) is 6.54 Å². The van der Waals surface area contributed by atoms with Crippen LogP contribution in [0.5, 0.6) is 0 Å². The lowest BCUT2D eigenvalue weighted by Crippen LogP contribution is -2.47. The summed E-state index contributed by atoms with van der Waals surface area (Å²) < 4.78 is 28.5. The summed E-state index contributed by atoms with van der Waals surface area (Å²) in [6.07, 6.45) is 4.64. The van der Waals surface area contributed by atoms with E-state index in [0.717, 1.165) is 25.0 Å². The van der Waals surface area contributed by atoms with E-state index in [1.54, 1.807) is 10.5 Å². The molecular formula is C12H19N3O2S. The summed E-state index contributed by atoms with van der Waals surface area (Å²) >= 11 is 0. The summed E-state index contributed by atoms with van der Waals surface area (Å²) in [5.41, 5.74) is 0.728. The topological polar surface area (TPSA) is 62.3 Å². The second-order valence-corrected chi connectivity index (χ2v) is 6.31. The summed E-state index contributed by atoms with van der Waals surface area (Å²) in [6, 6.07) is 5.55. The Labute approximate surface area is 108 Å². The second-order valence-electron chi connectivity index (χ2n) is 4.60. The van der Waals surface area contributed by atoms with Crippen LogP contribution in [0.25, 0.3) is 0 Å². The summed E-state index contributed by atoms with van der Waals surface area (Å²) in [5.74, 6) is 0. The zero-order chi connectivity index (χ0) is 13.0. The Morgan fingerprint density at radius 2 is 2.28 bits per heavy atom. The minimum absolute atomic E-state index is 0.0833. The van der Waals surface area contributed by atoms with Crippen molar-refractivity contribution in [2.45, 2.75) is 38.8 Å². The van der Waals surface area contributed by atoms with E-state index in [9.17, 15) is 8.42 Å². The van der Waals surface area contributed by atoms with Gasteiger partial charge in [-0.3, -0.25) is 4.98 Å². The van der Waals surface area contributed by atoms with Crippen molar-refractivity contribution in [3.63, 3.8) is 0 Å². The first-order chi connectivity index (χ1) is 8.59. The first-order valence-electron chi connectivity index (χ1n) is 6.26. The third-order valence-corrected chi connectivity index (χ3v) is 4.88. The molecule has 1 aliphatic rings.